The summed E-state index contributed by atoms with van der Waals surface area (Å²) in [5, 5.41) is -0.276. The highest BCUT2D eigenvalue weighted by Gasteiger charge is 2.26. The molecule has 0 amide bonds. The highest BCUT2D eigenvalue weighted by Crippen LogP contribution is 2.17. The third kappa shape index (κ3) is 2.35. The monoisotopic (exact) mass is 349 g/mol. The van der Waals surface area contributed by atoms with Gasteiger partial charge in [0, 0.05) is 27.3 Å². The lowest BCUT2D eigenvalue weighted by Gasteiger charge is -2.04. The Morgan fingerprint density at radius 1 is 1.04 bits per heavy atom. The van der Waals surface area contributed by atoms with Crippen LogP contribution in [0.25, 0.3) is 11.2 Å². The van der Waals surface area contributed by atoms with Crippen molar-refractivity contribution in [2.75, 3.05) is 0 Å². The number of aromatic nitrogens is 5. The van der Waals surface area contributed by atoms with Gasteiger partial charge in [-0.1, -0.05) is 6.07 Å². The fourth-order valence-corrected chi connectivity index (χ4v) is 3.94. The Morgan fingerprint density at radius 2 is 1.75 bits per heavy atom. The normalized spacial score (nSPS) is 12.0. The molecule has 0 saturated carbocycles. The lowest BCUT2D eigenvalue weighted by atomic mass is 10.4. The van der Waals surface area contributed by atoms with Crippen LogP contribution in [-0.4, -0.2) is 32.1 Å². The zero-order valence-corrected chi connectivity index (χ0v) is 14.1. The van der Waals surface area contributed by atoms with Crippen molar-refractivity contribution in [1.29, 1.82) is 0 Å². The van der Waals surface area contributed by atoms with Gasteiger partial charge in [-0.2, -0.15) is 4.98 Å². The van der Waals surface area contributed by atoms with Gasteiger partial charge in [0.05, 0.1) is 5.69 Å². The van der Waals surface area contributed by atoms with Crippen molar-refractivity contribution in [3.8, 4) is 0 Å². The molecule has 3 heterocycles. The second-order valence-corrected chi connectivity index (χ2v) is 7.29. The summed E-state index contributed by atoms with van der Waals surface area (Å²) >= 11 is 0. The number of rotatable bonds is 3. The van der Waals surface area contributed by atoms with Crippen molar-refractivity contribution in [2.24, 2.45) is 21.1 Å². The number of imidazole rings is 1. The van der Waals surface area contributed by atoms with Crippen LogP contribution in [0.3, 0.4) is 0 Å². The molecule has 0 aromatic carbocycles. The number of aryl methyl sites for hydroxylation is 2. The molecular formula is C14H15N5O4S. The zero-order chi connectivity index (χ0) is 17.6. The molecule has 0 aliphatic rings. The molecule has 0 spiro atoms. The van der Waals surface area contributed by atoms with E-state index in [1.165, 1.54) is 31.9 Å². The van der Waals surface area contributed by atoms with Crippen LogP contribution >= 0.6 is 0 Å². The molecule has 9 nitrogen and oxygen atoms in total. The number of hydrogen-bond acceptors (Lipinski definition) is 6. The lowest BCUT2D eigenvalue weighted by molar-refractivity contribution is 0.579. The first-order valence-electron chi connectivity index (χ1n) is 6.99. The molecule has 3 aromatic rings. The van der Waals surface area contributed by atoms with E-state index in [2.05, 4.69) is 9.97 Å². The molecule has 126 valence electrons. The van der Waals surface area contributed by atoms with E-state index in [1.807, 2.05) is 0 Å². The van der Waals surface area contributed by atoms with Crippen molar-refractivity contribution in [3.63, 3.8) is 0 Å². The molecule has 0 aliphatic carbocycles. The molecule has 0 fully saturated rings. The SMILES string of the molecule is Cn1c(=O)c2c(nc(S(=O)(=O)Cc3ccccn3)n2C)n(C)c1=O. The van der Waals surface area contributed by atoms with E-state index in [0.29, 0.717) is 5.69 Å². The maximum Gasteiger partial charge on any atom is 0.332 e. The molecule has 0 saturated heterocycles. The average Bonchev–Trinajstić information content (AvgIpc) is 2.90. The van der Waals surface area contributed by atoms with Crippen LogP contribution in [0.5, 0.6) is 0 Å². The van der Waals surface area contributed by atoms with Gasteiger partial charge in [-0.15, -0.1) is 0 Å². The van der Waals surface area contributed by atoms with Gasteiger partial charge in [0.2, 0.25) is 15.0 Å². The Morgan fingerprint density at radius 3 is 2.38 bits per heavy atom. The molecule has 0 atom stereocenters. The largest absolute Gasteiger partial charge is 0.332 e. The summed E-state index contributed by atoms with van der Waals surface area (Å²) in [5.74, 6) is -0.348. The Hall–Kier alpha value is -2.75. The van der Waals surface area contributed by atoms with Gasteiger partial charge in [-0.3, -0.25) is 18.9 Å². The van der Waals surface area contributed by atoms with Gasteiger partial charge < -0.3 is 4.57 Å². The highest BCUT2D eigenvalue weighted by molar-refractivity contribution is 7.90. The molecule has 0 radical (unpaired) electrons. The quantitative estimate of drug-likeness (QED) is 0.621. The fraction of sp³-hybridized carbons (Fsp3) is 0.286. The minimum Gasteiger partial charge on any atom is -0.312 e. The van der Waals surface area contributed by atoms with Gasteiger partial charge in [-0.05, 0) is 12.1 Å². The van der Waals surface area contributed by atoms with Crippen molar-refractivity contribution in [1.82, 2.24) is 23.7 Å². The van der Waals surface area contributed by atoms with Crippen molar-refractivity contribution in [2.45, 2.75) is 10.9 Å². The van der Waals surface area contributed by atoms with Crippen molar-refractivity contribution >= 4 is 21.0 Å². The lowest BCUT2D eigenvalue weighted by Crippen LogP contribution is -2.37. The Bertz CT molecular complexity index is 1160. The van der Waals surface area contributed by atoms with E-state index in [4.69, 9.17) is 0 Å². The van der Waals surface area contributed by atoms with E-state index >= 15 is 0 Å². The summed E-state index contributed by atoms with van der Waals surface area (Å²) in [4.78, 5) is 32.3. The minimum absolute atomic E-state index is 0.0326. The zero-order valence-electron chi connectivity index (χ0n) is 13.3. The van der Waals surface area contributed by atoms with Crippen LogP contribution < -0.4 is 11.2 Å². The third-order valence-electron chi connectivity index (χ3n) is 3.78. The minimum atomic E-state index is -3.84. The first-order chi connectivity index (χ1) is 11.2. The van der Waals surface area contributed by atoms with E-state index in [1.54, 1.807) is 18.2 Å². The molecule has 0 unspecified atom stereocenters. The second kappa shape index (κ2) is 5.41. The first-order valence-corrected chi connectivity index (χ1v) is 8.64. The predicted octanol–water partition coefficient (Wildman–Crippen LogP) is -0.660. The molecule has 0 aliphatic heterocycles. The standard InChI is InChI=1S/C14H15N5O4S/c1-17-10-11(18(2)14(21)19(3)12(10)20)16-13(17)24(22,23)8-9-6-4-5-7-15-9/h4-7H,8H2,1-3H3. The van der Waals surface area contributed by atoms with E-state index in [9.17, 15) is 18.0 Å². The molecule has 24 heavy (non-hydrogen) atoms. The maximum absolute atomic E-state index is 12.7. The van der Waals surface area contributed by atoms with Gasteiger partial charge >= 0.3 is 5.69 Å². The summed E-state index contributed by atoms with van der Waals surface area (Å²) in [7, 11) is 0.367. The number of pyridine rings is 1. The molecule has 0 bridgehead atoms. The number of nitrogens with zero attached hydrogens (tertiary/aromatic N) is 5. The summed E-state index contributed by atoms with van der Waals surface area (Å²) < 4.78 is 28.6. The smallest absolute Gasteiger partial charge is 0.312 e. The number of hydrogen-bond donors (Lipinski definition) is 0. The van der Waals surface area contributed by atoms with Gasteiger partial charge in [-0.25, -0.2) is 13.2 Å². The number of sulfone groups is 1. The Balaban J connectivity index is 2.27. The van der Waals surface area contributed by atoms with Gasteiger partial charge in [0.15, 0.2) is 11.2 Å². The van der Waals surface area contributed by atoms with Crippen LogP contribution in [-0.2, 0) is 36.7 Å². The first kappa shape index (κ1) is 16.1. The summed E-state index contributed by atoms with van der Waals surface area (Å²) in [6.45, 7) is 0. The number of fused-ring (bicyclic) bond motifs is 1. The molecular weight excluding hydrogens is 334 g/mol. The Labute approximate surface area is 136 Å². The fourth-order valence-electron chi connectivity index (χ4n) is 2.52. The summed E-state index contributed by atoms with van der Waals surface area (Å²) in [6, 6.07) is 4.96. The topological polar surface area (TPSA) is 109 Å². The molecule has 0 N–H and O–H groups in total. The maximum atomic E-state index is 12.7. The van der Waals surface area contributed by atoms with Crippen LogP contribution in [0.4, 0.5) is 0 Å². The second-order valence-electron chi connectivity index (χ2n) is 5.41. The van der Waals surface area contributed by atoms with Gasteiger partial charge in [0.1, 0.15) is 5.75 Å². The Kier molecular flexibility index (Phi) is 3.63. The van der Waals surface area contributed by atoms with Crippen molar-refractivity contribution < 1.29 is 8.42 Å². The van der Waals surface area contributed by atoms with E-state index in [0.717, 1.165) is 9.13 Å². The van der Waals surface area contributed by atoms with Gasteiger partial charge in [0.25, 0.3) is 5.56 Å². The average molecular weight is 349 g/mol. The van der Waals surface area contributed by atoms with Crippen LogP contribution in [0, 0.1) is 0 Å². The third-order valence-corrected chi connectivity index (χ3v) is 5.37. The summed E-state index contributed by atoms with van der Waals surface area (Å²) in [6.07, 6.45) is 1.50. The van der Waals surface area contributed by atoms with E-state index < -0.39 is 21.1 Å². The van der Waals surface area contributed by atoms with Crippen molar-refractivity contribution in [3.05, 3.63) is 50.9 Å². The predicted molar refractivity (Wildman–Crippen MR) is 86.3 cm³/mol. The van der Waals surface area contributed by atoms with E-state index in [-0.39, 0.29) is 22.1 Å². The molecule has 10 heteroatoms. The summed E-state index contributed by atoms with van der Waals surface area (Å²) in [5.41, 5.74) is -0.711. The molecule has 3 aromatic heterocycles. The highest BCUT2D eigenvalue weighted by atomic mass is 32.2. The van der Waals surface area contributed by atoms with Crippen LogP contribution in [0.1, 0.15) is 5.69 Å². The molecule has 3 rings (SSSR count). The van der Waals surface area contributed by atoms with Crippen LogP contribution in [0.2, 0.25) is 0 Å². The van der Waals surface area contributed by atoms with Crippen LogP contribution in [0.15, 0.2) is 39.1 Å².